The molecule has 8 nitrogen and oxygen atoms in total. The highest BCUT2D eigenvalue weighted by atomic mass is 16.5. The van der Waals surface area contributed by atoms with E-state index in [4.69, 9.17) is 4.74 Å². The molecule has 8 heteroatoms. The van der Waals surface area contributed by atoms with E-state index in [0.717, 1.165) is 17.1 Å². The van der Waals surface area contributed by atoms with Gasteiger partial charge in [0.25, 0.3) is 0 Å². The summed E-state index contributed by atoms with van der Waals surface area (Å²) in [5.41, 5.74) is 2.26. The number of tetrazole rings is 1. The topological polar surface area (TPSA) is 94.0 Å². The molecule has 4 aromatic rings. The summed E-state index contributed by atoms with van der Waals surface area (Å²) in [6, 6.07) is 24.3. The van der Waals surface area contributed by atoms with E-state index >= 15 is 0 Å². The Labute approximate surface area is 173 Å². The van der Waals surface area contributed by atoms with Crippen molar-refractivity contribution in [2.45, 2.75) is 6.92 Å². The van der Waals surface area contributed by atoms with Gasteiger partial charge < -0.3 is 15.4 Å². The Balaban J connectivity index is 1.35. The molecule has 0 saturated heterocycles. The number of nitrogens with one attached hydrogen (secondary N) is 2. The lowest BCUT2D eigenvalue weighted by atomic mass is 10.2. The van der Waals surface area contributed by atoms with Crippen LogP contribution in [0.2, 0.25) is 0 Å². The quantitative estimate of drug-likeness (QED) is 0.490. The largest absolute Gasteiger partial charge is 0.457 e. The number of aromatic nitrogens is 4. The van der Waals surface area contributed by atoms with E-state index in [2.05, 4.69) is 26.2 Å². The van der Waals surface area contributed by atoms with E-state index in [1.807, 2.05) is 79.7 Å². The van der Waals surface area contributed by atoms with Crippen molar-refractivity contribution in [3.05, 3.63) is 84.7 Å². The number of anilines is 2. The van der Waals surface area contributed by atoms with Crippen molar-refractivity contribution in [1.82, 2.24) is 20.2 Å². The van der Waals surface area contributed by atoms with Crippen LogP contribution in [0.3, 0.4) is 0 Å². The molecule has 0 aliphatic carbocycles. The van der Waals surface area contributed by atoms with E-state index in [1.165, 1.54) is 0 Å². The van der Waals surface area contributed by atoms with E-state index in [1.54, 1.807) is 10.7 Å². The second kappa shape index (κ2) is 8.87. The van der Waals surface area contributed by atoms with Crippen molar-refractivity contribution >= 4 is 17.3 Å². The van der Waals surface area contributed by atoms with Crippen LogP contribution in [0.5, 0.6) is 11.5 Å². The van der Waals surface area contributed by atoms with E-state index in [9.17, 15) is 4.79 Å². The molecular formula is C22H20N6O2. The van der Waals surface area contributed by atoms with Gasteiger partial charge in [-0.25, -0.2) is 0 Å². The first-order valence-electron chi connectivity index (χ1n) is 9.39. The molecular weight excluding hydrogens is 380 g/mol. The monoisotopic (exact) mass is 400 g/mol. The number of rotatable bonds is 7. The molecule has 0 unspecified atom stereocenters. The van der Waals surface area contributed by atoms with Crippen LogP contribution in [0.25, 0.3) is 5.69 Å². The van der Waals surface area contributed by atoms with Crippen molar-refractivity contribution in [3.63, 3.8) is 0 Å². The number of benzene rings is 3. The maximum absolute atomic E-state index is 12.4. The van der Waals surface area contributed by atoms with Crippen LogP contribution in [0, 0.1) is 6.92 Å². The molecule has 0 spiro atoms. The normalized spacial score (nSPS) is 10.4. The molecule has 0 bridgehead atoms. The Morgan fingerprint density at radius 2 is 1.70 bits per heavy atom. The van der Waals surface area contributed by atoms with Crippen molar-refractivity contribution in [2.24, 2.45) is 0 Å². The number of hydrogen-bond acceptors (Lipinski definition) is 6. The van der Waals surface area contributed by atoms with Gasteiger partial charge in [-0.3, -0.25) is 4.79 Å². The first-order chi connectivity index (χ1) is 14.7. The van der Waals surface area contributed by atoms with Gasteiger partial charge in [-0.1, -0.05) is 30.3 Å². The minimum atomic E-state index is -0.170. The molecule has 150 valence electrons. The fourth-order valence-electron chi connectivity index (χ4n) is 2.87. The third-order valence-electron chi connectivity index (χ3n) is 4.27. The molecule has 0 atom stereocenters. The Bertz CT molecular complexity index is 1140. The number of aryl methyl sites for hydroxylation is 1. The van der Waals surface area contributed by atoms with Crippen LogP contribution in [-0.2, 0) is 4.79 Å². The maximum Gasteiger partial charge on any atom is 0.243 e. The summed E-state index contributed by atoms with van der Waals surface area (Å²) in [4.78, 5) is 12.4. The molecule has 3 aromatic carbocycles. The van der Waals surface area contributed by atoms with Crippen molar-refractivity contribution < 1.29 is 9.53 Å². The van der Waals surface area contributed by atoms with Crippen LogP contribution in [0.4, 0.5) is 11.4 Å². The van der Waals surface area contributed by atoms with Crippen LogP contribution in [-0.4, -0.2) is 32.7 Å². The van der Waals surface area contributed by atoms with Crippen LogP contribution in [0.1, 0.15) is 5.82 Å². The molecule has 4 rings (SSSR count). The second-order valence-corrected chi connectivity index (χ2v) is 6.53. The summed E-state index contributed by atoms with van der Waals surface area (Å²) in [5.74, 6) is 1.90. The fourth-order valence-corrected chi connectivity index (χ4v) is 2.87. The summed E-state index contributed by atoms with van der Waals surface area (Å²) in [7, 11) is 0. The molecule has 0 aliphatic heterocycles. The molecule has 2 N–H and O–H groups in total. The number of carbonyl (C=O) groups excluding carboxylic acids is 1. The first-order valence-corrected chi connectivity index (χ1v) is 9.39. The van der Waals surface area contributed by atoms with Gasteiger partial charge in [0.05, 0.1) is 12.2 Å². The van der Waals surface area contributed by atoms with Crippen molar-refractivity contribution in [2.75, 3.05) is 17.2 Å². The summed E-state index contributed by atoms with van der Waals surface area (Å²) in [5, 5.41) is 17.5. The molecule has 1 aromatic heterocycles. The number of para-hydroxylation sites is 1. The first kappa shape index (κ1) is 19.1. The molecule has 1 heterocycles. The minimum Gasteiger partial charge on any atom is -0.457 e. The zero-order valence-corrected chi connectivity index (χ0v) is 16.3. The highest BCUT2D eigenvalue weighted by Crippen LogP contribution is 2.23. The average Bonchev–Trinajstić information content (AvgIpc) is 3.19. The van der Waals surface area contributed by atoms with E-state index < -0.39 is 0 Å². The predicted molar refractivity (Wildman–Crippen MR) is 114 cm³/mol. The Morgan fingerprint density at radius 1 is 0.933 bits per heavy atom. The molecule has 0 saturated carbocycles. The number of amides is 1. The molecule has 0 fully saturated rings. The van der Waals surface area contributed by atoms with Crippen molar-refractivity contribution in [3.8, 4) is 17.2 Å². The third-order valence-corrected chi connectivity index (χ3v) is 4.27. The number of ether oxygens (including phenoxy) is 1. The molecule has 1 amide bonds. The summed E-state index contributed by atoms with van der Waals surface area (Å²) < 4.78 is 7.43. The predicted octanol–water partition coefficient (Wildman–Crippen LogP) is 3.81. The Kier molecular flexibility index (Phi) is 5.66. The Hall–Kier alpha value is -4.20. The lowest BCUT2D eigenvalue weighted by Gasteiger charge is -2.11. The van der Waals surface area contributed by atoms with Crippen LogP contribution < -0.4 is 15.4 Å². The van der Waals surface area contributed by atoms with Gasteiger partial charge in [-0.15, -0.1) is 5.10 Å². The molecule has 30 heavy (non-hydrogen) atoms. The number of nitrogens with zero attached hydrogens (tertiary/aromatic N) is 4. The maximum atomic E-state index is 12.4. The summed E-state index contributed by atoms with van der Waals surface area (Å²) >= 11 is 0. The SMILES string of the molecule is Cc1nnnn1-c1cccc(NCC(=O)Nc2cccc(Oc3ccccc3)c2)c1. The Morgan fingerprint density at radius 3 is 2.50 bits per heavy atom. The van der Waals surface area contributed by atoms with Gasteiger partial charge in [0, 0.05) is 17.4 Å². The van der Waals surface area contributed by atoms with Gasteiger partial charge in [0.15, 0.2) is 5.82 Å². The zero-order chi connectivity index (χ0) is 20.8. The van der Waals surface area contributed by atoms with Gasteiger partial charge in [-0.05, 0) is 59.8 Å². The standard InChI is InChI=1S/C22H20N6O2/c1-16-25-26-27-28(16)19-9-5-7-17(13-19)23-15-22(29)24-18-8-6-12-21(14-18)30-20-10-3-2-4-11-20/h2-14,23H,15H2,1H3,(H,24,29). The van der Waals surface area contributed by atoms with Gasteiger partial charge in [0.2, 0.25) is 5.91 Å². The number of carbonyl (C=O) groups is 1. The average molecular weight is 400 g/mol. The lowest BCUT2D eigenvalue weighted by Crippen LogP contribution is -2.21. The summed E-state index contributed by atoms with van der Waals surface area (Å²) in [6.45, 7) is 1.94. The number of hydrogen-bond donors (Lipinski definition) is 2. The van der Waals surface area contributed by atoms with E-state index in [0.29, 0.717) is 17.3 Å². The highest BCUT2D eigenvalue weighted by Gasteiger charge is 2.07. The van der Waals surface area contributed by atoms with Crippen molar-refractivity contribution in [1.29, 1.82) is 0 Å². The van der Waals surface area contributed by atoms with Crippen LogP contribution in [0.15, 0.2) is 78.9 Å². The minimum absolute atomic E-state index is 0.113. The molecule has 0 aliphatic rings. The van der Waals surface area contributed by atoms with Gasteiger partial charge in [0.1, 0.15) is 11.5 Å². The van der Waals surface area contributed by atoms with Crippen LogP contribution >= 0.6 is 0 Å². The molecule has 0 radical (unpaired) electrons. The lowest BCUT2D eigenvalue weighted by molar-refractivity contribution is -0.114. The van der Waals surface area contributed by atoms with Gasteiger partial charge in [-0.2, -0.15) is 4.68 Å². The fraction of sp³-hybridized carbons (Fsp3) is 0.0909. The second-order valence-electron chi connectivity index (χ2n) is 6.53. The van der Waals surface area contributed by atoms with Gasteiger partial charge >= 0.3 is 0 Å². The summed E-state index contributed by atoms with van der Waals surface area (Å²) in [6.07, 6.45) is 0. The van der Waals surface area contributed by atoms with E-state index in [-0.39, 0.29) is 12.5 Å². The third kappa shape index (κ3) is 4.79. The smallest absolute Gasteiger partial charge is 0.243 e. The highest BCUT2D eigenvalue weighted by molar-refractivity contribution is 5.93. The zero-order valence-electron chi connectivity index (χ0n) is 16.3.